The van der Waals surface area contributed by atoms with E-state index in [1.165, 1.54) is 0 Å². The van der Waals surface area contributed by atoms with Gasteiger partial charge in [-0.2, -0.15) is 0 Å². The van der Waals surface area contributed by atoms with Crippen LogP contribution >= 0.6 is 15.9 Å². The maximum Gasteiger partial charge on any atom is 0.240 e. The van der Waals surface area contributed by atoms with Crippen molar-refractivity contribution in [2.75, 3.05) is 18.9 Å². The van der Waals surface area contributed by atoms with Crippen LogP contribution in [0.25, 0.3) is 11.0 Å². The van der Waals surface area contributed by atoms with Crippen molar-refractivity contribution in [1.29, 1.82) is 0 Å². The lowest BCUT2D eigenvalue weighted by molar-refractivity contribution is -0.115. The first-order valence-electron chi connectivity index (χ1n) is 5.76. The fourth-order valence-electron chi connectivity index (χ4n) is 1.85. The van der Waals surface area contributed by atoms with Crippen LogP contribution in [0.4, 0.5) is 5.95 Å². The molecule has 1 aromatic carbocycles. The summed E-state index contributed by atoms with van der Waals surface area (Å²) in [6.07, 6.45) is 0. The molecule has 2 aromatic rings. The number of carbonyl (C=O) groups excluding carboxylic acids is 1. The summed E-state index contributed by atoms with van der Waals surface area (Å²) in [5.41, 5.74) is 1.88. The molecule has 0 saturated carbocycles. The SMILES string of the molecule is CCn1c(NC(=O)CNC)nc2cc(Br)ccc21. The third-order valence-corrected chi connectivity index (χ3v) is 3.11. The predicted octanol–water partition coefficient (Wildman–Crippen LogP) is 1.98. The van der Waals surface area contributed by atoms with Crippen molar-refractivity contribution >= 4 is 38.8 Å². The van der Waals surface area contributed by atoms with Gasteiger partial charge in [0.15, 0.2) is 0 Å². The van der Waals surface area contributed by atoms with Crippen LogP contribution in [0.5, 0.6) is 0 Å². The van der Waals surface area contributed by atoms with E-state index in [1.54, 1.807) is 7.05 Å². The lowest BCUT2D eigenvalue weighted by Gasteiger charge is -2.07. The van der Waals surface area contributed by atoms with Crippen molar-refractivity contribution in [3.8, 4) is 0 Å². The van der Waals surface area contributed by atoms with Gasteiger partial charge in [-0.3, -0.25) is 10.1 Å². The highest BCUT2D eigenvalue weighted by molar-refractivity contribution is 9.10. The number of likely N-dealkylation sites (N-methyl/N-ethyl adjacent to an activating group) is 1. The van der Waals surface area contributed by atoms with Crippen LogP contribution in [0.2, 0.25) is 0 Å². The van der Waals surface area contributed by atoms with Crippen LogP contribution < -0.4 is 10.6 Å². The summed E-state index contributed by atoms with van der Waals surface area (Å²) in [6, 6.07) is 5.90. The minimum atomic E-state index is -0.0958. The van der Waals surface area contributed by atoms with Gasteiger partial charge in [0.05, 0.1) is 17.6 Å². The molecule has 0 saturated heterocycles. The molecular weight excluding hydrogens is 296 g/mol. The van der Waals surface area contributed by atoms with Gasteiger partial charge in [-0.15, -0.1) is 0 Å². The highest BCUT2D eigenvalue weighted by Gasteiger charge is 2.11. The average Bonchev–Trinajstić information content (AvgIpc) is 2.65. The Hall–Kier alpha value is -1.40. The van der Waals surface area contributed by atoms with Gasteiger partial charge in [0.2, 0.25) is 11.9 Å². The Morgan fingerprint density at radius 1 is 1.50 bits per heavy atom. The van der Waals surface area contributed by atoms with Gasteiger partial charge in [-0.25, -0.2) is 4.98 Å². The van der Waals surface area contributed by atoms with E-state index in [9.17, 15) is 4.79 Å². The first-order chi connectivity index (χ1) is 8.65. The summed E-state index contributed by atoms with van der Waals surface area (Å²) >= 11 is 3.42. The Morgan fingerprint density at radius 3 is 2.94 bits per heavy atom. The minimum absolute atomic E-state index is 0.0958. The molecule has 0 aliphatic rings. The standard InChI is InChI=1S/C12H15BrN4O/c1-3-17-10-5-4-8(13)6-9(10)15-12(17)16-11(18)7-14-2/h4-6,14H,3,7H2,1-2H3,(H,15,16,18). The van der Waals surface area contributed by atoms with E-state index < -0.39 is 0 Å². The van der Waals surface area contributed by atoms with Gasteiger partial charge < -0.3 is 9.88 Å². The first-order valence-corrected chi connectivity index (χ1v) is 6.55. The summed E-state index contributed by atoms with van der Waals surface area (Å²) in [6.45, 7) is 3.06. The molecule has 0 spiro atoms. The van der Waals surface area contributed by atoms with Gasteiger partial charge >= 0.3 is 0 Å². The molecule has 0 fully saturated rings. The summed E-state index contributed by atoms with van der Waals surface area (Å²) < 4.78 is 2.96. The molecule has 1 heterocycles. The highest BCUT2D eigenvalue weighted by Crippen LogP contribution is 2.23. The Bertz CT molecular complexity index is 579. The highest BCUT2D eigenvalue weighted by atomic mass is 79.9. The largest absolute Gasteiger partial charge is 0.311 e. The molecule has 0 aliphatic heterocycles. The van der Waals surface area contributed by atoms with E-state index in [2.05, 4.69) is 31.5 Å². The van der Waals surface area contributed by atoms with Crippen LogP contribution in [0, 0.1) is 0 Å². The van der Waals surface area contributed by atoms with E-state index in [1.807, 2.05) is 29.7 Å². The maximum atomic E-state index is 11.6. The Balaban J connectivity index is 2.40. The second kappa shape index (κ2) is 5.49. The van der Waals surface area contributed by atoms with Crippen LogP contribution in [0.1, 0.15) is 6.92 Å². The molecule has 0 radical (unpaired) electrons. The average molecular weight is 311 g/mol. The molecule has 1 amide bonds. The van der Waals surface area contributed by atoms with Gasteiger partial charge in [-0.05, 0) is 32.2 Å². The zero-order valence-electron chi connectivity index (χ0n) is 10.3. The molecule has 2 rings (SSSR count). The second-order valence-electron chi connectivity index (χ2n) is 3.89. The van der Waals surface area contributed by atoms with Crippen molar-refractivity contribution in [1.82, 2.24) is 14.9 Å². The van der Waals surface area contributed by atoms with Crippen molar-refractivity contribution < 1.29 is 4.79 Å². The summed E-state index contributed by atoms with van der Waals surface area (Å²) in [4.78, 5) is 16.0. The second-order valence-corrected chi connectivity index (χ2v) is 4.81. The van der Waals surface area contributed by atoms with E-state index in [0.29, 0.717) is 5.95 Å². The number of amides is 1. The maximum absolute atomic E-state index is 11.6. The molecule has 2 N–H and O–H groups in total. The molecule has 0 atom stereocenters. The van der Waals surface area contributed by atoms with Crippen molar-refractivity contribution in [3.63, 3.8) is 0 Å². The summed E-state index contributed by atoms with van der Waals surface area (Å²) in [5, 5.41) is 5.62. The third kappa shape index (κ3) is 2.54. The van der Waals surface area contributed by atoms with E-state index in [-0.39, 0.29) is 12.5 Å². The van der Waals surface area contributed by atoms with Crippen LogP contribution in [-0.2, 0) is 11.3 Å². The fourth-order valence-corrected chi connectivity index (χ4v) is 2.20. The lowest BCUT2D eigenvalue weighted by Crippen LogP contribution is -2.26. The number of rotatable bonds is 4. The van der Waals surface area contributed by atoms with E-state index >= 15 is 0 Å². The number of aromatic nitrogens is 2. The number of hydrogen-bond acceptors (Lipinski definition) is 3. The lowest BCUT2D eigenvalue weighted by atomic mass is 10.3. The number of imidazole rings is 1. The van der Waals surface area contributed by atoms with E-state index in [4.69, 9.17) is 0 Å². The zero-order valence-corrected chi connectivity index (χ0v) is 11.9. The van der Waals surface area contributed by atoms with Crippen LogP contribution in [0.3, 0.4) is 0 Å². The van der Waals surface area contributed by atoms with Crippen molar-refractivity contribution in [2.24, 2.45) is 0 Å². The minimum Gasteiger partial charge on any atom is -0.311 e. The quantitative estimate of drug-likeness (QED) is 0.908. The van der Waals surface area contributed by atoms with Crippen molar-refractivity contribution in [3.05, 3.63) is 22.7 Å². The smallest absolute Gasteiger partial charge is 0.240 e. The molecule has 0 bridgehead atoms. The van der Waals surface area contributed by atoms with Gasteiger partial charge in [-0.1, -0.05) is 15.9 Å². The summed E-state index contributed by atoms with van der Waals surface area (Å²) in [7, 11) is 1.74. The molecule has 18 heavy (non-hydrogen) atoms. The number of halogens is 1. The normalized spacial score (nSPS) is 10.8. The van der Waals surface area contributed by atoms with Crippen molar-refractivity contribution in [2.45, 2.75) is 13.5 Å². The van der Waals surface area contributed by atoms with Gasteiger partial charge in [0, 0.05) is 11.0 Å². The zero-order chi connectivity index (χ0) is 13.1. The number of anilines is 1. The summed E-state index contributed by atoms with van der Waals surface area (Å²) in [5.74, 6) is 0.493. The predicted molar refractivity (Wildman–Crippen MR) is 75.7 cm³/mol. The number of nitrogens with one attached hydrogen (secondary N) is 2. The third-order valence-electron chi connectivity index (χ3n) is 2.62. The first kappa shape index (κ1) is 13.0. The van der Waals surface area contributed by atoms with Crippen LogP contribution in [0.15, 0.2) is 22.7 Å². The Labute approximate surface area is 114 Å². The number of benzene rings is 1. The fraction of sp³-hybridized carbons (Fsp3) is 0.333. The van der Waals surface area contributed by atoms with E-state index in [0.717, 1.165) is 22.1 Å². The molecule has 0 unspecified atom stereocenters. The van der Waals surface area contributed by atoms with Crippen LogP contribution in [-0.4, -0.2) is 29.1 Å². The number of nitrogens with zero attached hydrogens (tertiary/aromatic N) is 2. The molecule has 1 aromatic heterocycles. The molecular formula is C12H15BrN4O. The molecule has 5 nitrogen and oxygen atoms in total. The monoisotopic (exact) mass is 310 g/mol. The Morgan fingerprint density at radius 2 is 2.28 bits per heavy atom. The molecule has 6 heteroatoms. The number of aryl methyl sites for hydroxylation is 1. The van der Waals surface area contributed by atoms with Gasteiger partial charge in [0.25, 0.3) is 0 Å². The number of carbonyl (C=O) groups is 1. The number of hydrogen-bond donors (Lipinski definition) is 2. The molecule has 96 valence electrons. The molecule has 0 aliphatic carbocycles. The Kier molecular flexibility index (Phi) is 3.98. The number of fused-ring (bicyclic) bond motifs is 1. The van der Waals surface area contributed by atoms with Gasteiger partial charge in [0.1, 0.15) is 0 Å². The topological polar surface area (TPSA) is 59.0 Å².